The zero-order chi connectivity index (χ0) is 23.7. The molecular formula is C25H35N3O5. The quantitative estimate of drug-likeness (QED) is 0.597. The van der Waals surface area contributed by atoms with Crippen molar-refractivity contribution in [3.05, 3.63) is 35.9 Å². The van der Waals surface area contributed by atoms with Crippen LogP contribution in [0.3, 0.4) is 0 Å². The van der Waals surface area contributed by atoms with Crippen LogP contribution >= 0.6 is 0 Å². The van der Waals surface area contributed by atoms with Crippen molar-refractivity contribution < 1.29 is 23.8 Å². The minimum absolute atomic E-state index is 0.0977. The molecule has 1 aliphatic heterocycles. The van der Waals surface area contributed by atoms with E-state index < -0.39 is 23.8 Å². The van der Waals surface area contributed by atoms with Gasteiger partial charge in [0.25, 0.3) is 5.91 Å². The lowest BCUT2D eigenvalue weighted by Gasteiger charge is -2.37. The molecule has 0 spiro atoms. The number of hydrogen-bond acceptors (Lipinski definition) is 6. The van der Waals surface area contributed by atoms with Crippen LogP contribution < -0.4 is 5.32 Å². The molecule has 0 aromatic heterocycles. The number of carbonyl (C=O) groups is 2. The minimum Gasteiger partial charge on any atom is -0.436 e. The topological polar surface area (TPSA) is 101 Å². The molecule has 180 valence electrons. The lowest BCUT2D eigenvalue weighted by atomic mass is 9.72. The SMILES string of the molecule is CC1(CC(OC(=O)N2CCOCC2)C(=O)NC(C)(C#N)OCc2ccccc2)CCCCC1. The number of nitrogens with zero attached hydrogens (tertiary/aromatic N) is 2. The number of ether oxygens (including phenoxy) is 3. The summed E-state index contributed by atoms with van der Waals surface area (Å²) in [6, 6.07) is 11.5. The Bertz CT molecular complexity index is 828. The summed E-state index contributed by atoms with van der Waals surface area (Å²) in [5, 5.41) is 12.4. The highest BCUT2D eigenvalue weighted by Gasteiger charge is 2.39. The fourth-order valence-corrected chi connectivity index (χ4v) is 4.40. The molecule has 2 unspecified atom stereocenters. The Labute approximate surface area is 196 Å². The maximum Gasteiger partial charge on any atom is 0.410 e. The van der Waals surface area contributed by atoms with Crippen LogP contribution in [0, 0.1) is 16.7 Å². The third kappa shape index (κ3) is 7.44. The Morgan fingerprint density at radius 2 is 1.88 bits per heavy atom. The van der Waals surface area contributed by atoms with Crippen molar-refractivity contribution in [2.24, 2.45) is 5.41 Å². The maximum absolute atomic E-state index is 13.3. The fourth-order valence-electron chi connectivity index (χ4n) is 4.40. The number of rotatable bonds is 8. The Hall–Kier alpha value is -2.63. The van der Waals surface area contributed by atoms with E-state index in [0.29, 0.717) is 32.7 Å². The molecule has 3 rings (SSSR count). The summed E-state index contributed by atoms with van der Waals surface area (Å²) in [7, 11) is 0. The highest BCUT2D eigenvalue weighted by atomic mass is 16.6. The van der Waals surface area contributed by atoms with Gasteiger partial charge in [-0.25, -0.2) is 4.79 Å². The molecule has 1 heterocycles. The van der Waals surface area contributed by atoms with Crippen LogP contribution in [0.1, 0.15) is 57.9 Å². The van der Waals surface area contributed by atoms with Crippen LogP contribution in [0.2, 0.25) is 0 Å². The van der Waals surface area contributed by atoms with Crippen LogP contribution in [-0.4, -0.2) is 55.0 Å². The van der Waals surface area contributed by atoms with Crippen molar-refractivity contribution >= 4 is 12.0 Å². The summed E-state index contributed by atoms with van der Waals surface area (Å²) in [6.07, 6.45) is 4.21. The fraction of sp³-hybridized carbons (Fsp3) is 0.640. The first kappa shape index (κ1) is 25.0. The largest absolute Gasteiger partial charge is 0.436 e. The van der Waals surface area contributed by atoms with Gasteiger partial charge in [0.2, 0.25) is 5.72 Å². The molecule has 8 heteroatoms. The van der Waals surface area contributed by atoms with Gasteiger partial charge in [-0.1, -0.05) is 56.5 Å². The van der Waals surface area contributed by atoms with Crippen molar-refractivity contribution in [3.63, 3.8) is 0 Å². The highest BCUT2D eigenvalue weighted by molar-refractivity contribution is 5.84. The van der Waals surface area contributed by atoms with E-state index in [1.165, 1.54) is 13.3 Å². The van der Waals surface area contributed by atoms with E-state index in [1.807, 2.05) is 36.4 Å². The zero-order valence-electron chi connectivity index (χ0n) is 19.7. The number of nitriles is 1. The molecule has 33 heavy (non-hydrogen) atoms. The van der Waals surface area contributed by atoms with Gasteiger partial charge in [0.1, 0.15) is 6.07 Å². The Kier molecular flexibility index (Phi) is 8.70. The molecule has 0 bridgehead atoms. The number of morpholine rings is 1. The zero-order valence-corrected chi connectivity index (χ0v) is 19.7. The van der Waals surface area contributed by atoms with Crippen molar-refractivity contribution in [3.8, 4) is 6.07 Å². The average molecular weight is 458 g/mol. The normalized spacial score (nSPS) is 20.7. The monoisotopic (exact) mass is 457 g/mol. The molecule has 1 aromatic rings. The van der Waals surface area contributed by atoms with Gasteiger partial charge in [-0.15, -0.1) is 0 Å². The second-order valence-corrected chi connectivity index (χ2v) is 9.46. The molecule has 1 saturated carbocycles. The second kappa shape index (κ2) is 11.5. The van der Waals surface area contributed by atoms with Crippen LogP contribution in [0.15, 0.2) is 30.3 Å². The summed E-state index contributed by atoms with van der Waals surface area (Å²) in [4.78, 5) is 27.6. The van der Waals surface area contributed by atoms with Crippen LogP contribution in [0.25, 0.3) is 0 Å². The summed E-state index contributed by atoms with van der Waals surface area (Å²) >= 11 is 0. The summed E-state index contributed by atoms with van der Waals surface area (Å²) in [6.45, 7) is 5.58. The van der Waals surface area contributed by atoms with E-state index in [4.69, 9.17) is 14.2 Å². The third-order valence-corrected chi connectivity index (χ3v) is 6.49. The van der Waals surface area contributed by atoms with E-state index in [0.717, 1.165) is 31.2 Å². The molecule has 2 fully saturated rings. The lowest BCUT2D eigenvalue weighted by molar-refractivity contribution is -0.140. The third-order valence-electron chi connectivity index (χ3n) is 6.49. The van der Waals surface area contributed by atoms with Gasteiger partial charge in [0.15, 0.2) is 6.10 Å². The first-order valence-electron chi connectivity index (χ1n) is 11.8. The number of amides is 2. The highest BCUT2D eigenvalue weighted by Crippen LogP contribution is 2.40. The van der Waals surface area contributed by atoms with Crippen molar-refractivity contribution in [1.29, 1.82) is 5.26 Å². The molecule has 2 atom stereocenters. The van der Waals surface area contributed by atoms with E-state index >= 15 is 0 Å². The van der Waals surface area contributed by atoms with Gasteiger partial charge in [0, 0.05) is 13.1 Å². The Balaban J connectivity index is 1.69. The molecule has 0 radical (unpaired) electrons. The maximum atomic E-state index is 13.3. The molecular weight excluding hydrogens is 422 g/mol. The number of benzene rings is 1. The number of nitrogens with one attached hydrogen (secondary N) is 1. The summed E-state index contributed by atoms with van der Waals surface area (Å²) in [5.41, 5.74) is -0.762. The van der Waals surface area contributed by atoms with Gasteiger partial charge in [-0.05, 0) is 37.2 Å². The second-order valence-electron chi connectivity index (χ2n) is 9.46. The van der Waals surface area contributed by atoms with Crippen LogP contribution in [0.4, 0.5) is 4.79 Å². The lowest BCUT2D eigenvalue weighted by Crippen LogP contribution is -2.53. The first-order chi connectivity index (χ1) is 15.8. The Morgan fingerprint density at radius 1 is 1.21 bits per heavy atom. The van der Waals surface area contributed by atoms with Crippen LogP contribution in [0.5, 0.6) is 0 Å². The van der Waals surface area contributed by atoms with Gasteiger partial charge in [-0.3, -0.25) is 4.79 Å². The van der Waals surface area contributed by atoms with Gasteiger partial charge >= 0.3 is 6.09 Å². The smallest absolute Gasteiger partial charge is 0.410 e. The molecule has 2 amide bonds. The molecule has 1 aromatic carbocycles. The first-order valence-corrected chi connectivity index (χ1v) is 11.8. The predicted molar refractivity (Wildman–Crippen MR) is 122 cm³/mol. The predicted octanol–water partition coefficient (Wildman–Crippen LogP) is 3.76. The average Bonchev–Trinajstić information content (AvgIpc) is 2.84. The van der Waals surface area contributed by atoms with Gasteiger partial charge in [0.05, 0.1) is 19.8 Å². The van der Waals surface area contributed by atoms with Crippen LogP contribution in [-0.2, 0) is 25.6 Å². The van der Waals surface area contributed by atoms with Crippen molar-refractivity contribution in [1.82, 2.24) is 10.2 Å². The van der Waals surface area contributed by atoms with E-state index in [-0.39, 0.29) is 12.0 Å². The molecule has 8 nitrogen and oxygen atoms in total. The minimum atomic E-state index is -1.55. The van der Waals surface area contributed by atoms with Gasteiger partial charge < -0.3 is 24.4 Å². The number of hydrogen-bond donors (Lipinski definition) is 1. The summed E-state index contributed by atoms with van der Waals surface area (Å²) < 4.78 is 16.8. The summed E-state index contributed by atoms with van der Waals surface area (Å²) in [5.74, 6) is -0.513. The standard InChI is InChI=1S/C25H35N3O5/c1-24(11-7-4-8-12-24)17-21(33-23(30)28-13-15-31-16-14-28)22(29)27-25(2,19-26)32-18-20-9-5-3-6-10-20/h3,5-6,9-10,21H,4,7-8,11-18H2,1-2H3,(H,27,29). The molecule has 1 saturated heterocycles. The molecule has 1 aliphatic carbocycles. The molecule has 2 aliphatic rings. The van der Waals surface area contributed by atoms with Crippen molar-refractivity contribution in [2.45, 2.75) is 70.8 Å². The van der Waals surface area contributed by atoms with E-state index in [9.17, 15) is 14.9 Å². The number of carbonyl (C=O) groups excluding carboxylic acids is 2. The Morgan fingerprint density at radius 3 is 2.52 bits per heavy atom. The van der Waals surface area contributed by atoms with E-state index in [2.05, 4.69) is 12.2 Å². The van der Waals surface area contributed by atoms with Crippen molar-refractivity contribution in [2.75, 3.05) is 26.3 Å². The van der Waals surface area contributed by atoms with Gasteiger partial charge in [-0.2, -0.15) is 5.26 Å². The molecule has 1 N–H and O–H groups in total. The van der Waals surface area contributed by atoms with E-state index in [1.54, 1.807) is 4.90 Å².